The van der Waals surface area contributed by atoms with Crippen molar-refractivity contribution in [3.63, 3.8) is 0 Å². The van der Waals surface area contributed by atoms with Crippen LogP contribution in [0.1, 0.15) is 18.1 Å². The molecule has 1 heterocycles. The molecule has 1 amide bonds. The van der Waals surface area contributed by atoms with E-state index in [0.29, 0.717) is 19.6 Å². The summed E-state index contributed by atoms with van der Waals surface area (Å²) in [7, 11) is 1.78. The number of likely N-dealkylation sites (N-methyl/N-ethyl adjacent to an activating group) is 1. The molecule has 0 aromatic heterocycles. The molecule has 2 rings (SSSR count). The second kappa shape index (κ2) is 4.53. The fourth-order valence-electron chi connectivity index (χ4n) is 1.77. The number of carbonyl (C=O) groups excluding carboxylic acids is 1. The summed E-state index contributed by atoms with van der Waals surface area (Å²) in [4.78, 5) is 13.1. The molecule has 0 aliphatic carbocycles. The molecule has 16 heavy (non-hydrogen) atoms. The van der Waals surface area contributed by atoms with Crippen LogP contribution in [0.25, 0.3) is 0 Å². The molecule has 4 nitrogen and oxygen atoms in total. The zero-order chi connectivity index (χ0) is 11.5. The lowest BCUT2D eigenvalue weighted by Gasteiger charge is -2.20. The predicted octanol–water partition coefficient (Wildman–Crippen LogP) is 1.31. The highest BCUT2D eigenvalue weighted by atomic mass is 16.5. The molecule has 1 aromatic rings. The lowest BCUT2D eigenvalue weighted by molar-refractivity contribution is -0.129. The molecule has 0 spiro atoms. The number of phenols is 1. The smallest absolute Gasteiger partial charge is 0.224 e. The number of hydrogen-bond donors (Lipinski definition) is 1. The van der Waals surface area contributed by atoms with E-state index in [1.165, 1.54) is 0 Å². The summed E-state index contributed by atoms with van der Waals surface area (Å²) in [5, 5.41) is 9.20. The van der Waals surface area contributed by atoms with Gasteiger partial charge in [-0.05, 0) is 17.7 Å². The van der Waals surface area contributed by atoms with E-state index in [4.69, 9.17) is 4.74 Å². The number of hydrogen-bond acceptors (Lipinski definition) is 3. The van der Waals surface area contributed by atoms with Crippen LogP contribution in [-0.2, 0) is 9.53 Å². The molecule has 1 N–H and O–H groups in total. The van der Waals surface area contributed by atoms with E-state index in [1.54, 1.807) is 24.1 Å². The zero-order valence-electron chi connectivity index (χ0n) is 9.22. The van der Waals surface area contributed by atoms with Gasteiger partial charge in [0.15, 0.2) is 0 Å². The average molecular weight is 221 g/mol. The van der Waals surface area contributed by atoms with Gasteiger partial charge in [0.2, 0.25) is 5.91 Å². The number of benzene rings is 1. The normalized spacial score (nSPS) is 21.9. The summed E-state index contributed by atoms with van der Waals surface area (Å²) in [6, 6.07) is 6.91. The molecule has 1 aliphatic rings. The summed E-state index contributed by atoms with van der Waals surface area (Å²) in [5.74, 6) is 0.350. The summed E-state index contributed by atoms with van der Waals surface area (Å²) in [5.41, 5.74) is 0.986. The third kappa shape index (κ3) is 2.33. The van der Waals surface area contributed by atoms with Crippen LogP contribution >= 0.6 is 0 Å². The Morgan fingerprint density at radius 3 is 2.75 bits per heavy atom. The van der Waals surface area contributed by atoms with Crippen molar-refractivity contribution < 1.29 is 14.6 Å². The monoisotopic (exact) mass is 221 g/mol. The molecule has 1 aliphatic heterocycles. The molecule has 1 fully saturated rings. The van der Waals surface area contributed by atoms with Gasteiger partial charge < -0.3 is 14.7 Å². The van der Waals surface area contributed by atoms with Gasteiger partial charge in [0.1, 0.15) is 11.9 Å². The van der Waals surface area contributed by atoms with Gasteiger partial charge in [-0.1, -0.05) is 12.1 Å². The minimum atomic E-state index is -0.1000. The number of aromatic hydroxyl groups is 1. The highest BCUT2D eigenvalue weighted by Gasteiger charge is 2.22. The topological polar surface area (TPSA) is 49.8 Å². The number of phenolic OH excluding ortho intramolecular Hbond substituents is 1. The van der Waals surface area contributed by atoms with E-state index < -0.39 is 0 Å². The fourth-order valence-corrected chi connectivity index (χ4v) is 1.77. The molecule has 4 heteroatoms. The quantitative estimate of drug-likeness (QED) is 0.778. The first kappa shape index (κ1) is 11.0. The van der Waals surface area contributed by atoms with Crippen molar-refractivity contribution in [2.75, 3.05) is 20.2 Å². The lowest BCUT2D eigenvalue weighted by atomic mass is 10.1. The van der Waals surface area contributed by atoms with E-state index in [0.717, 1.165) is 5.56 Å². The Morgan fingerprint density at radius 1 is 1.38 bits per heavy atom. The molecule has 86 valence electrons. The molecule has 0 bridgehead atoms. The van der Waals surface area contributed by atoms with E-state index in [-0.39, 0.29) is 17.8 Å². The molecule has 1 aromatic carbocycles. The van der Waals surface area contributed by atoms with Gasteiger partial charge in [0, 0.05) is 7.05 Å². The molecule has 0 radical (unpaired) electrons. The summed E-state index contributed by atoms with van der Waals surface area (Å²) >= 11 is 0. The molecule has 1 atom stereocenters. The van der Waals surface area contributed by atoms with E-state index in [1.807, 2.05) is 12.1 Å². The molecule has 1 unspecified atom stereocenters. The fraction of sp³-hybridized carbons (Fsp3) is 0.417. The Balaban J connectivity index is 2.14. The van der Waals surface area contributed by atoms with Crippen LogP contribution < -0.4 is 0 Å². The largest absolute Gasteiger partial charge is 0.508 e. The van der Waals surface area contributed by atoms with E-state index >= 15 is 0 Å². The van der Waals surface area contributed by atoms with Crippen LogP contribution in [0.4, 0.5) is 0 Å². The second-order valence-corrected chi connectivity index (χ2v) is 3.98. The van der Waals surface area contributed by atoms with Crippen molar-refractivity contribution >= 4 is 5.91 Å². The van der Waals surface area contributed by atoms with Crippen LogP contribution in [0.15, 0.2) is 24.3 Å². The van der Waals surface area contributed by atoms with Crippen molar-refractivity contribution in [3.05, 3.63) is 29.8 Å². The maximum Gasteiger partial charge on any atom is 0.224 e. The van der Waals surface area contributed by atoms with Gasteiger partial charge in [-0.25, -0.2) is 0 Å². The Labute approximate surface area is 94.4 Å². The number of carbonyl (C=O) groups is 1. The first-order chi connectivity index (χ1) is 7.66. The van der Waals surface area contributed by atoms with Gasteiger partial charge in [-0.3, -0.25) is 4.79 Å². The van der Waals surface area contributed by atoms with Crippen molar-refractivity contribution in [2.24, 2.45) is 0 Å². The first-order valence-corrected chi connectivity index (χ1v) is 5.31. The van der Waals surface area contributed by atoms with Gasteiger partial charge >= 0.3 is 0 Å². The molecular formula is C12H15NO3. The van der Waals surface area contributed by atoms with Crippen LogP contribution in [0, 0.1) is 0 Å². The van der Waals surface area contributed by atoms with Gasteiger partial charge in [-0.2, -0.15) is 0 Å². The average Bonchev–Trinajstić information content (AvgIpc) is 2.43. The Morgan fingerprint density at radius 2 is 2.06 bits per heavy atom. The lowest BCUT2D eigenvalue weighted by Crippen LogP contribution is -2.28. The SMILES string of the molecule is CN1CC(c2ccc(O)cc2)OCCC1=O. The van der Waals surface area contributed by atoms with Crippen molar-refractivity contribution in [1.82, 2.24) is 4.90 Å². The van der Waals surface area contributed by atoms with Crippen LogP contribution in [0.3, 0.4) is 0 Å². The number of rotatable bonds is 1. The van der Waals surface area contributed by atoms with E-state index in [2.05, 4.69) is 0 Å². The Hall–Kier alpha value is -1.55. The Kier molecular flexibility index (Phi) is 3.10. The predicted molar refractivity (Wildman–Crippen MR) is 59.1 cm³/mol. The number of nitrogens with zero attached hydrogens (tertiary/aromatic N) is 1. The van der Waals surface area contributed by atoms with Gasteiger partial charge in [-0.15, -0.1) is 0 Å². The second-order valence-electron chi connectivity index (χ2n) is 3.98. The third-order valence-corrected chi connectivity index (χ3v) is 2.77. The summed E-state index contributed by atoms with van der Waals surface area (Å²) < 4.78 is 5.63. The maximum absolute atomic E-state index is 11.5. The van der Waals surface area contributed by atoms with Crippen LogP contribution in [0.2, 0.25) is 0 Å². The highest BCUT2D eigenvalue weighted by Crippen LogP contribution is 2.23. The zero-order valence-corrected chi connectivity index (χ0v) is 9.22. The maximum atomic E-state index is 11.5. The standard InChI is InChI=1S/C12H15NO3/c1-13-8-11(16-7-6-12(13)15)9-2-4-10(14)5-3-9/h2-5,11,14H,6-8H2,1H3. The molecule has 0 saturated carbocycles. The Bertz CT molecular complexity index is 374. The first-order valence-electron chi connectivity index (χ1n) is 5.31. The van der Waals surface area contributed by atoms with Gasteiger partial charge in [0.05, 0.1) is 19.6 Å². The van der Waals surface area contributed by atoms with Crippen molar-refractivity contribution in [3.8, 4) is 5.75 Å². The molecular weight excluding hydrogens is 206 g/mol. The highest BCUT2D eigenvalue weighted by molar-refractivity contribution is 5.76. The molecule has 1 saturated heterocycles. The van der Waals surface area contributed by atoms with Crippen molar-refractivity contribution in [2.45, 2.75) is 12.5 Å². The summed E-state index contributed by atoms with van der Waals surface area (Å²) in [6.45, 7) is 1.01. The summed E-state index contributed by atoms with van der Waals surface area (Å²) in [6.07, 6.45) is 0.336. The third-order valence-electron chi connectivity index (χ3n) is 2.77. The number of amides is 1. The van der Waals surface area contributed by atoms with Gasteiger partial charge in [0.25, 0.3) is 0 Å². The minimum absolute atomic E-state index is 0.1000. The van der Waals surface area contributed by atoms with Crippen molar-refractivity contribution in [1.29, 1.82) is 0 Å². The number of ether oxygens (including phenoxy) is 1. The van der Waals surface area contributed by atoms with E-state index in [9.17, 15) is 9.90 Å². The minimum Gasteiger partial charge on any atom is -0.508 e. The van der Waals surface area contributed by atoms with Crippen LogP contribution in [-0.4, -0.2) is 36.1 Å². The van der Waals surface area contributed by atoms with Crippen LogP contribution in [0.5, 0.6) is 5.75 Å².